The number of carbonyl (C=O) groups is 1. The molecule has 0 saturated carbocycles. The molecule has 0 spiro atoms. The Morgan fingerprint density at radius 2 is 1.85 bits per heavy atom. The van der Waals surface area contributed by atoms with E-state index in [1.807, 2.05) is 0 Å². The fourth-order valence-corrected chi connectivity index (χ4v) is 2.17. The number of imidazole rings is 1. The lowest BCUT2D eigenvalue weighted by atomic mass is 10.1. The van der Waals surface area contributed by atoms with Crippen molar-refractivity contribution >= 4 is 32.7 Å². The van der Waals surface area contributed by atoms with Gasteiger partial charge in [0, 0.05) is 10.0 Å². The van der Waals surface area contributed by atoms with Gasteiger partial charge in [0.2, 0.25) is 0 Å². The van der Waals surface area contributed by atoms with Crippen LogP contribution in [0.2, 0.25) is 0 Å². The first-order chi connectivity index (χ1) is 9.26. The Balaban J connectivity index is 2.17. The van der Waals surface area contributed by atoms with E-state index in [0.717, 1.165) is 0 Å². The molecule has 20 heavy (non-hydrogen) atoms. The molecule has 0 radical (unpaired) electrons. The first-order valence-electron chi connectivity index (χ1n) is 5.35. The molecule has 0 fully saturated rings. The highest BCUT2D eigenvalue weighted by molar-refractivity contribution is 9.10. The number of fused-ring (bicyclic) bond motifs is 1. The molecule has 0 bridgehead atoms. The van der Waals surface area contributed by atoms with Crippen LogP contribution in [0.1, 0.15) is 10.4 Å². The van der Waals surface area contributed by atoms with Gasteiger partial charge in [-0.3, -0.25) is 4.79 Å². The zero-order chi connectivity index (χ0) is 14.9. The van der Waals surface area contributed by atoms with Gasteiger partial charge in [-0.05, 0) is 28.1 Å². The van der Waals surface area contributed by atoms with E-state index in [1.54, 1.807) is 0 Å². The van der Waals surface area contributed by atoms with E-state index in [2.05, 4.69) is 30.6 Å². The summed E-state index contributed by atoms with van der Waals surface area (Å²) < 4.78 is 40.4. The average Bonchev–Trinajstić information content (AvgIpc) is 2.65. The summed E-state index contributed by atoms with van der Waals surface area (Å²) in [7, 11) is 0. The fourth-order valence-electron chi connectivity index (χ4n) is 1.61. The van der Waals surface area contributed by atoms with Crippen LogP contribution in [0.5, 0.6) is 0 Å². The molecule has 0 aliphatic carbocycles. The molecule has 108 valence electrons. The molecular formula is C11H8BrF3N2O3. The summed E-state index contributed by atoms with van der Waals surface area (Å²) in [5.74, 6) is -0.620. The van der Waals surface area contributed by atoms with E-state index in [4.69, 9.17) is 0 Å². The first-order valence-corrected chi connectivity index (χ1v) is 6.15. The number of carbonyl (C=O) groups excluding carboxylic acids is 1. The van der Waals surface area contributed by atoms with E-state index < -0.39 is 30.9 Å². The minimum absolute atomic E-state index is 0.134. The third-order valence-corrected chi connectivity index (χ3v) is 3.06. The van der Waals surface area contributed by atoms with Crippen LogP contribution in [-0.4, -0.2) is 35.1 Å². The van der Waals surface area contributed by atoms with Crippen molar-refractivity contribution < 1.29 is 22.7 Å². The summed E-state index contributed by atoms with van der Waals surface area (Å²) in [6.07, 6.45) is -4.48. The number of H-pyrrole nitrogens is 2. The number of rotatable bonds is 4. The maximum atomic E-state index is 11.9. The molecule has 0 unspecified atom stereocenters. The molecule has 9 heteroatoms. The van der Waals surface area contributed by atoms with Crippen LogP contribution in [0.3, 0.4) is 0 Å². The Labute approximate surface area is 118 Å². The monoisotopic (exact) mass is 352 g/mol. The van der Waals surface area contributed by atoms with Gasteiger partial charge in [-0.25, -0.2) is 4.79 Å². The maximum absolute atomic E-state index is 11.9. The number of ketones is 1. The summed E-state index contributed by atoms with van der Waals surface area (Å²) in [4.78, 5) is 27.8. The standard InChI is InChI=1S/C11H8BrF3N2O3/c12-6-2-8-7(16-10(19)17-8)1-5(6)9(18)3-20-4-11(13,14)15/h1-2H,3-4H2,(H2,16,17,19). The Bertz CT molecular complexity index is 705. The van der Waals surface area contributed by atoms with Gasteiger partial charge in [0.25, 0.3) is 0 Å². The SMILES string of the molecule is O=C(COCC(F)(F)F)c1cc2[nH]c(=O)[nH]c2cc1Br. The van der Waals surface area contributed by atoms with Gasteiger partial charge < -0.3 is 14.7 Å². The largest absolute Gasteiger partial charge is 0.411 e. The van der Waals surface area contributed by atoms with E-state index in [1.165, 1.54) is 12.1 Å². The topological polar surface area (TPSA) is 75.0 Å². The van der Waals surface area contributed by atoms with E-state index in [0.29, 0.717) is 15.5 Å². The van der Waals surface area contributed by atoms with Crippen LogP contribution in [-0.2, 0) is 4.74 Å². The number of alkyl halides is 3. The van der Waals surface area contributed by atoms with Crippen molar-refractivity contribution in [2.45, 2.75) is 6.18 Å². The van der Waals surface area contributed by atoms with Crippen molar-refractivity contribution in [2.24, 2.45) is 0 Å². The number of nitrogens with one attached hydrogen (secondary N) is 2. The number of ether oxygens (including phenoxy) is 1. The lowest BCUT2D eigenvalue weighted by molar-refractivity contribution is -0.170. The molecule has 0 aliphatic rings. The lowest BCUT2D eigenvalue weighted by Crippen LogP contribution is -2.20. The van der Waals surface area contributed by atoms with Crippen molar-refractivity contribution in [3.8, 4) is 0 Å². The Kier molecular flexibility index (Phi) is 4.00. The quantitative estimate of drug-likeness (QED) is 0.829. The second kappa shape index (κ2) is 5.41. The van der Waals surface area contributed by atoms with Gasteiger partial charge >= 0.3 is 11.9 Å². The highest BCUT2D eigenvalue weighted by atomic mass is 79.9. The second-order valence-corrected chi connectivity index (χ2v) is 4.84. The highest BCUT2D eigenvalue weighted by Crippen LogP contribution is 2.22. The molecule has 2 rings (SSSR count). The molecule has 2 aromatic rings. The molecule has 0 amide bonds. The van der Waals surface area contributed by atoms with Gasteiger partial charge in [0.05, 0.1) is 11.0 Å². The predicted octanol–water partition coefficient (Wildman–Crippen LogP) is 2.38. The van der Waals surface area contributed by atoms with Gasteiger partial charge in [0.15, 0.2) is 5.78 Å². The third-order valence-electron chi connectivity index (χ3n) is 2.40. The van der Waals surface area contributed by atoms with Gasteiger partial charge in [0.1, 0.15) is 13.2 Å². The summed E-state index contributed by atoms with van der Waals surface area (Å²) in [6.45, 7) is -2.18. The van der Waals surface area contributed by atoms with E-state index in [9.17, 15) is 22.8 Å². The molecule has 0 atom stereocenters. The van der Waals surface area contributed by atoms with Crippen molar-refractivity contribution in [1.29, 1.82) is 0 Å². The Morgan fingerprint density at radius 3 is 2.45 bits per heavy atom. The lowest BCUT2D eigenvalue weighted by Gasteiger charge is -2.08. The molecule has 1 aromatic carbocycles. The minimum atomic E-state index is -4.48. The van der Waals surface area contributed by atoms with Crippen LogP contribution < -0.4 is 5.69 Å². The molecule has 2 N–H and O–H groups in total. The number of hydrogen-bond donors (Lipinski definition) is 2. The van der Waals surface area contributed by atoms with Gasteiger partial charge in [-0.2, -0.15) is 13.2 Å². The van der Waals surface area contributed by atoms with Crippen molar-refractivity contribution in [3.05, 3.63) is 32.7 Å². The molecule has 5 nitrogen and oxygen atoms in total. The average molecular weight is 353 g/mol. The summed E-state index contributed by atoms with van der Waals surface area (Å²) in [5, 5.41) is 0. The van der Waals surface area contributed by atoms with Crippen molar-refractivity contribution in [2.75, 3.05) is 13.2 Å². The van der Waals surface area contributed by atoms with Crippen LogP contribution in [0.25, 0.3) is 11.0 Å². The molecule has 0 saturated heterocycles. The fraction of sp³-hybridized carbons (Fsp3) is 0.273. The van der Waals surface area contributed by atoms with Crippen LogP contribution in [0, 0.1) is 0 Å². The Morgan fingerprint density at radius 1 is 1.25 bits per heavy atom. The molecule has 1 aromatic heterocycles. The van der Waals surface area contributed by atoms with Crippen LogP contribution in [0.15, 0.2) is 21.4 Å². The molecule has 0 aliphatic heterocycles. The van der Waals surface area contributed by atoms with E-state index in [-0.39, 0.29) is 5.56 Å². The minimum Gasteiger partial charge on any atom is -0.364 e. The zero-order valence-corrected chi connectivity index (χ0v) is 11.4. The normalized spacial score (nSPS) is 12.0. The number of aromatic amines is 2. The van der Waals surface area contributed by atoms with Gasteiger partial charge in [-0.15, -0.1) is 0 Å². The summed E-state index contributed by atoms with van der Waals surface area (Å²) in [5.41, 5.74) is 0.562. The number of halogens is 4. The number of Topliss-reactive ketones (excluding diaryl/α,β-unsaturated/α-hetero) is 1. The smallest absolute Gasteiger partial charge is 0.364 e. The molecular weight excluding hydrogens is 345 g/mol. The highest BCUT2D eigenvalue weighted by Gasteiger charge is 2.28. The van der Waals surface area contributed by atoms with Crippen molar-refractivity contribution in [1.82, 2.24) is 9.97 Å². The summed E-state index contributed by atoms with van der Waals surface area (Å²) in [6, 6.07) is 2.86. The molecule has 1 heterocycles. The van der Waals surface area contributed by atoms with Gasteiger partial charge in [-0.1, -0.05) is 0 Å². The van der Waals surface area contributed by atoms with E-state index >= 15 is 0 Å². The first kappa shape index (κ1) is 14.8. The number of aromatic nitrogens is 2. The maximum Gasteiger partial charge on any atom is 0.411 e. The second-order valence-electron chi connectivity index (χ2n) is 3.99. The predicted molar refractivity (Wildman–Crippen MR) is 67.8 cm³/mol. The van der Waals surface area contributed by atoms with Crippen LogP contribution in [0.4, 0.5) is 13.2 Å². The number of hydrogen-bond acceptors (Lipinski definition) is 3. The van der Waals surface area contributed by atoms with Crippen molar-refractivity contribution in [3.63, 3.8) is 0 Å². The summed E-state index contributed by atoms with van der Waals surface area (Å²) >= 11 is 3.12. The zero-order valence-electron chi connectivity index (χ0n) is 9.81. The Hall–Kier alpha value is -1.61. The third kappa shape index (κ3) is 3.48. The van der Waals surface area contributed by atoms with Crippen LogP contribution >= 0.6 is 15.9 Å². The number of benzene rings is 1.